The van der Waals surface area contributed by atoms with Crippen molar-refractivity contribution in [3.63, 3.8) is 0 Å². The van der Waals surface area contributed by atoms with E-state index in [2.05, 4.69) is 24.4 Å². The summed E-state index contributed by atoms with van der Waals surface area (Å²) in [5.74, 6) is 0. The third-order valence-electron chi connectivity index (χ3n) is 2.42. The van der Waals surface area contributed by atoms with Crippen molar-refractivity contribution in [2.24, 2.45) is 0 Å². The molecule has 0 aliphatic heterocycles. The van der Waals surface area contributed by atoms with Crippen molar-refractivity contribution < 1.29 is 0 Å². The topological polar surface area (TPSA) is 12.0 Å². The molecule has 0 heterocycles. The Labute approximate surface area is 101 Å². The van der Waals surface area contributed by atoms with Crippen LogP contribution in [-0.2, 0) is 0 Å². The Morgan fingerprint density at radius 3 is 2.67 bits per heavy atom. The molecule has 1 aliphatic carbocycles. The molecule has 1 atom stereocenters. The summed E-state index contributed by atoms with van der Waals surface area (Å²) in [4.78, 5) is 1.30. The van der Waals surface area contributed by atoms with Gasteiger partial charge < -0.3 is 5.32 Å². The van der Waals surface area contributed by atoms with Gasteiger partial charge in [-0.3, -0.25) is 0 Å². The minimum absolute atomic E-state index is 0.617. The highest BCUT2D eigenvalue weighted by atomic mass is 35.5. The van der Waals surface area contributed by atoms with E-state index < -0.39 is 0 Å². The van der Waals surface area contributed by atoms with Crippen molar-refractivity contribution in [3.05, 3.63) is 29.3 Å². The number of rotatable bonds is 5. The van der Waals surface area contributed by atoms with Crippen LogP contribution in [0.2, 0.25) is 5.02 Å². The molecule has 1 unspecified atom stereocenters. The van der Waals surface area contributed by atoms with Gasteiger partial charge in [0.05, 0.1) is 0 Å². The highest BCUT2D eigenvalue weighted by Gasteiger charge is 2.20. The highest BCUT2D eigenvalue weighted by Crippen LogP contribution is 2.25. The number of benzene rings is 1. The Kier molecular flexibility index (Phi) is 3.95. The van der Waals surface area contributed by atoms with Gasteiger partial charge in [-0.2, -0.15) is 0 Å². The fourth-order valence-electron chi connectivity index (χ4n) is 1.41. The lowest BCUT2D eigenvalue weighted by Gasteiger charge is -2.11. The summed E-state index contributed by atoms with van der Waals surface area (Å²) in [5.41, 5.74) is 0. The van der Waals surface area contributed by atoms with Gasteiger partial charge in [-0.05, 0) is 37.1 Å². The van der Waals surface area contributed by atoms with Crippen LogP contribution in [0.25, 0.3) is 0 Å². The highest BCUT2D eigenvalue weighted by molar-refractivity contribution is 8.00. The van der Waals surface area contributed by atoms with E-state index in [0.29, 0.717) is 5.25 Å². The molecular formula is C12H16ClNS. The zero-order valence-corrected chi connectivity index (χ0v) is 10.4. The average Bonchev–Trinajstić information content (AvgIpc) is 3.02. The zero-order chi connectivity index (χ0) is 10.7. The van der Waals surface area contributed by atoms with Crippen molar-refractivity contribution in [2.45, 2.75) is 36.0 Å². The second-order valence-corrected chi connectivity index (χ2v) is 6.01. The predicted octanol–water partition coefficient (Wildman–Crippen LogP) is 3.57. The van der Waals surface area contributed by atoms with Crippen molar-refractivity contribution in [1.82, 2.24) is 5.32 Å². The van der Waals surface area contributed by atoms with Crippen molar-refractivity contribution in [1.29, 1.82) is 0 Å². The molecule has 1 N–H and O–H groups in total. The van der Waals surface area contributed by atoms with Crippen LogP contribution in [0.15, 0.2) is 29.2 Å². The van der Waals surface area contributed by atoms with Crippen LogP contribution in [0.3, 0.4) is 0 Å². The van der Waals surface area contributed by atoms with Crippen LogP contribution in [0.1, 0.15) is 19.8 Å². The Balaban J connectivity index is 1.76. The SMILES string of the molecule is CC(CNC1CC1)Sc1ccc(Cl)cc1. The van der Waals surface area contributed by atoms with Crippen LogP contribution in [-0.4, -0.2) is 17.8 Å². The number of nitrogens with one attached hydrogen (secondary N) is 1. The monoisotopic (exact) mass is 241 g/mol. The minimum atomic E-state index is 0.617. The molecule has 1 nitrogen and oxygen atoms in total. The van der Waals surface area contributed by atoms with Crippen molar-refractivity contribution in [3.8, 4) is 0 Å². The van der Waals surface area contributed by atoms with E-state index in [1.54, 1.807) is 0 Å². The second-order valence-electron chi connectivity index (χ2n) is 4.06. The van der Waals surface area contributed by atoms with Gasteiger partial charge in [-0.1, -0.05) is 18.5 Å². The van der Waals surface area contributed by atoms with E-state index in [0.717, 1.165) is 17.6 Å². The maximum atomic E-state index is 5.84. The standard InChI is InChI=1S/C12H16ClNS/c1-9(8-14-11-4-5-11)15-12-6-2-10(13)3-7-12/h2-3,6-7,9,11,14H,4-5,8H2,1H3. The third-order valence-corrected chi connectivity index (χ3v) is 3.79. The van der Waals surface area contributed by atoms with E-state index in [-0.39, 0.29) is 0 Å². The quantitative estimate of drug-likeness (QED) is 0.791. The van der Waals surface area contributed by atoms with Gasteiger partial charge in [0, 0.05) is 27.8 Å². The molecule has 1 saturated carbocycles. The lowest BCUT2D eigenvalue weighted by Crippen LogP contribution is -2.24. The predicted molar refractivity (Wildman–Crippen MR) is 67.8 cm³/mol. The smallest absolute Gasteiger partial charge is 0.0406 e. The number of hydrogen-bond acceptors (Lipinski definition) is 2. The normalized spacial score (nSPS) is 17.7. The molecule has 2 rings (SSSR count). The second kappa shape index (κ2) is 5.24. The van der Waals surface area contributed by atoms with Crippen LogP contribution in [0.5, 0.6) is 0 Å². The molecule has 82 valence electrons. The van der Waals surface area contributed by atoms with Gasteiger partial charge in [0.1, 0.15) is 0 Å². The third kappa shape index (κ3) is 4.06. The molecule has 0 bridgehead atoms. The van der Waals surface area contributed by atoms with E-state index in [1.165, 1.54) is 17.7 Å². The summed E-state index contributed by atoms with van der Waals surface area (Å²) < 4.78 is 0. The van der Waals surface area contributed by atoms with Gasteiger partial charge in [-0.25, -0.2) is 0 Å². The van der Waals surface area contributed by atoms with Crippen LogP contribution in [0, 0.1) is 0 Å². The lowest BCUT2D eigenvalue weighted by atomic mass is 10.4. The summed E-state index contributed by atoms with van der Waals surface area (Å²) in [6.07, 6.45) is 2.72. The fourth-order valence-corrected chi connectivity index (χ4v) is 2.47. The summed E-state index contributed by atoms with van der Waals surface area (Å²) in [7, 11) is 0. The first-order valence-corrected chi connectivity index (χ1v) is 6.65. The molecule has 3 heteroatoms. The molecule has 0 spiro atoms. The van der Waals surface area contributed by atoms with Gasteiger partial charge in [0.2, 0.25) is 0 Å². The number of hydrogen-bond donors (Lipinski definition) is 1. The maximum absolute atomic E-state index is 5.84. The van der Waals surface area contributed by atoms with E-state index in [1.807, 2.05) is 23.9 Å². The first-order valence-electron chi connectivity index (χ1n) is 5.39. The summed E-state index contributed by atoms with van der Waals surface area (Å²) >= 11 is 7.74. The van der Waals surface area contributed by atoms with Crippen LogP contribution in [0.4, 0.5) is 0 Å². The van der Waals surface area contributed by atoms with Crippen LogP contribution < -0.4 is 5.32 Å². The minimum Gasteiger partial charge on any atom is -0.313 e. The maximum Gasteiger partial charge on any atom is 0.0406 e. The van der Waals surface area contributed by atoms with E-state index in [9.17, 15) is 0 Å². The summed E-state index contributed by atoms with van der Waals surface area (Å²) in [6, 6.07) is 8.87. The van der Waals surface area contributed by atoms with Gasteiger partial charge >= 0.3 is 0 Å². The van der Waals surface area contributed by atoms with Gasteiger partial charge in [0.25, 0.3) is 0 Å². The Bertz CT molecular complexity index is 308. The van der Waals surface area contributed by atoms with Gasteiger partial charge in [0.15, 0.2) is 0 Å². The average molecular weight is 242 g/mol. The molecule has 0 aromatic heterocycles. The number of halogens is 1. The zero-order valence-electron chi connectivity index (χ0n) is 8.87. The summed E-state index contributed by atoms with van der Waals surface area (Å²) in [6.45, 7) is 3.35. The molecule has 1 aromatic carbocycles. The molecule has 0 radical (unpaired) electrons. The lowest BCUT2D eigenvalue weighted by molar-refractivity contribution is 0.679. The molecule has 0 amide bonds. The molecule has 1 aliphatic rings. The largest absolute Gasteiger partial charge is 0.313 e. The van der Waals surface area contributed by atoms with Crippen molar-refractivity contribution >= 4 is 23.4 Å². The number of thioether (sulfide) groups is 1. The van der Waals surface area contributed by atoms with E-state index in [4.69, 9.17) is 11.6 Å². The van der Waals surface area contributed by atoms with Crippen molar-refractivity contribution in [2.75, 3.05) is 6.54 Å². The fraction of sp³-hybridized carbons (Fsp3) is 0.500. The summed E-state index contributed by atoms with van der Waals surface area (Å²) in [5, 5.41) is 4.97. The Morgan fingerprint density at radius 2 is 2.07 bits per heavy atom. The first-order chi connectivity index (χ1) is 7.24. The Hall–Kier alpha value is -0.180. The Morgan fingerprint density at radius 1 is 1.40 bits per heavy atom. The first kappa shape index (κ1) is 11.3. The molecule has 15 heavy (non-hydrogen) atoms. The molecular weight excluding hydrogens is 226 g/mol. The molecule has 1 fully saturated rings. The van der Waals surface area contributed by atoms with Gasteiger partial charge in [-0.15, -0.1) is 11.8 Å². The molecule has 0 saturated heterocycles. The van der Waals surface area contributed by atoms with E-state index >= 15 is 0 Å². The molecule has 1 aromatic rings. The van der Waals surface area contributed by atoms with Crippen LogP contribution >= 0.6 is 23.4 Å².